The Morgan fingerprint density at radius 3 is 2.51 bits per heavy atom. The van der Waals surface area contributed by atoms with Crippen molar-refractivity contribution in [3.8, 4) is 5.75 Å². The first kappa shape index (κ1) is 24.9. The van der Waals surface area contributed by atoms with Gasteiger partial charge in [0.1, 0.15) is 11.9 Å². The monoisotopic (exact) mass is 493 g/mol. The minimum atomic E-state index is -0.883. The highest BCUT2D eigenvalue weighted by Crippen LogP contribution is 2.40. The van der Waals surface area contributed by atoms with Crippen molar-refractivity contribution in [3.63, 3.8) is 0 Å². The number of nitrogens with zero attached hydrogens (tertiary/aromatic N) is 1. The molecule has 0 fully saturated rings. The van der Waals surface area contributed by atoms with Crippen LogP contribution in [0.25, 0.3) is 10.8 Å². The van der Waals surface area contributed by atoms with Gasteiger partial charge in [0.25, 0.3) is 0 Å². The van der Waals surface area contributed by atoms with Gasteiger partial charge in [-0.3, -0.25) is 0 Å². The lowest BCUT2D eigenvalue weighted by molar-refractivity contribution is 0.0695. The third-order valence-corrected chi connectivity index (χ3v) is 7.55. The van der Waals surface area contributed by atoms with E-state index in [4.69, 9.17) is 4.74 Å². The van der Waals surface area contributed by atoms with E-state index in [9.17, 15) is 9.90 Å². The summed E-state index contributed by atoms with van der Waals surface area (Å²) in [4.78, 5) is 14.2. The quantitative estimate of drug-likeness (QED) is 0.267. The predicted octanol–water partition coefficient (Wildman–Crippen LogP) is 8.53. The summed E-state index contributed by atoms with van der Waals surface area (Å²) in [5.74, 6) is 0.574. The van der Waals surface area contributed by atoms with E-state index in [1.54, 1.807) is 0 Å². The van der Waals surface area contributed by atoms with Crippen LogP contribution in [-0.2, 0) is 0 Å². The largest absolute Gasteiger partial charge is 0.486 e. The highest BCUT2D eigenvalue weighted by molar-refractivity contribution is 5.91. The van der Waals surface area contributed by atoms with Crippen LogP contribution in [0.1, 0.15) is 73.4 Å². The number of fused-ring (bicyclic) bond motifs is 2. The zero-order chi connectivity index (χ0) is 25.9. The molecular formula is C33H35NO3. The van der Waals surface area contributed by atoms with E-state index in [1.807, 2.05) is 56.3 Å². The van der Waals surface area contributed by atoms with E-state index in [1.165, 1.54) is 16.3 Å². The Morgan fingerprint density at radius 2 is 1.70 bits per heavy atom. The highest BCUT2D eigenvalue weighted by Gasteiger charge is 2.27. The number of carboxylic acids is 1. The lowest BCUT2D eigenvalue weighted by Gasteiger charge is -2.37. The highest BCUT2D eigenvalue weighted by atomic mass is 16.5. The molecule has 4 aromatic carbocycles. The van der Waals surface area contributed by atoms with Gasteiger partial charge in [-0.25, -0.2) is 4.79 Å². The number of carboxylic acid groups (broad SMARTS) is 1. The number of rotatable bonds is 8. The first-order valence-corrected chi connectivity index (χ1v) is 13.3. The molecule has 2 atom stereocenters. The van der Waals surface area contributed by atoms with Gasteiger partial charge in [0, 0.05) is 5.69 Å². The maximum Gasteiger partial charge on any atom is 0.336 e. The van der Waals surface area contributed by atoms with Crippen molar-refractivity contribution in [3.05, 3.63) is 102 Å². The number of anilines is 2. The second-order valence-corrected chi connectivity index (χ2v) is 10.4. The van der Waals surface area contributed by atoms with Crippen LogP contribution in [0, 0.1) is 0 Å². The molecule has 1 N–H and O–H groups in total. The van der Waals surface area contributed by atoms with Gasteiger partial charge in [-0.2, -0.15) is 0 Å². The molecule has 4 heteroatoms. The topological polar surface area (TPSA) is 49.8 Å². The Hall–Kier alpha value is -3.79. The van der Waals surface area contributed by atoms with Crippen LogP contribution in [-0.4, -0.2) is 23.7 Å². The summed E-state index contributed by atoms with van der Waals surface area (Å²) in [5.41, 5.74) is 4.51. The molecule has 37 heavy (non-hydrogen) atoms. The Kier molecular flexibility index (Phi) is 7.18. The number of ether oxygens (including phenoxy) is 1. The van der Waals surface area contributed by atoms with Crippen molar-refractivity contribution in [2.75, 3.05) is 11.4 Å². The zero-order valence-corrected chi connectivity index (χ0v) is 21.9. The molecule has 0 aliphatic carbocycles. The number of hydrogen-bond donors (Lipinski definition) is 1. The van der Waals surface area contributed by atoms with Gasteiger partial charge in [-0.15, -0.1) is 0 Å². The minimum Gasteiger partial charge on any atom is -0.486 e. The molecule has 4 aromatic rings. The number of para-hydroxylation sites is 2. The summed E-state index contributed by atoms with van der Waals surface area (Å²) in [6.07, 6.45) is 3.11. The summed E-state index contributed by atoms with van der Waals surface area (Å²) in [5, 5.41) is 12.5. The van der Waals surface area contributed by atoms with Crippen molar-refractivity contribution in [2.24, 2.45) is 0 Å². The van der Waals surface area contributed by atoms with E-state index < -0.39 is 5.97 Å². The van der Waals surface area contributed by atoms with Crippen LogP contribution in [0.4, 0.5) is 11.4 Å². The minimum absolute atomic E-state index is 0.0349. The fourth-order valence-electron chi connectivity index (χ4n) is 5.58. The first-order valence-electron chi connectivity index (χ1n) is 13.3. The lowest BCUT2D eigenvalue weighted by Crippen LogP contribution is -2.37. The van der Waals surface area contributed by atoms with E-state index in [0.717, 1.165) is 42.0 Å². The van der Waals surface area contributed by atoms with Gasteiger partial charge in [0.15, 0.2) is 0 Å². The molecule has 0 bridgehead atoms. The average Bonchev–Trinajstić information content (AvgIpc) is 2.91. The van der Waals surface area contributed by atoms with Crippen LogP contribution in [0.3, 0.4) is 0 Å². The third kappa shape index (κ3) is 5.20. The number of benzene rings is 4. The van der Waals surface area contributed by atoms with Crippen molar-refractivity contribution in [1.29, 1.82) is 0 Å². The summed E-state index contributed by atoms with van der Waals surface area (Å²) in [6, 6.07) is 29.1. The van der Waals surface area contributed by atoms with Gasteiger partial charge in [0.2, 0.25) is 0 Å². The van der Waals surface area contributed by atoms with E-state index in [-0.39, 0.29) is 12.0 Å². The van der Waals surface area contributed by atoms with Crippen LogP contribution < -0.4 is 9.64 Å². The maximum absolute atomic E-state index is 12.0. The molecule has 5 rings (SSSR count). The van der Waals surface area contributed by atoms with E-state index >= 15 is 0 Å². The Labute approximate surface area is 219 Å². The van der Waals surface area contributed by atoms with Crippen molar-refractivity contribution in [2.45, 2.75) is 58.0 Å². The summed E-state index contributed by atoms with van der Waals surface area (Å²) in [6.45, 7) is 7.07. The first-order chi connectivity index (χ1) is 17.9. The molecule has 190 valence electrons. The third-order valence-electron chi connectivity index (χ3n) is 7.55. The molecule has 1 aliphatic heterocycles. The molecule has 0 spiro atoms. The molecule has 0 amide bonds. The molecule has 1 unspecified atom stereocenters. The molecule has 0 saturated heterocycles. The number of carbonyl (C=O) groups is 1. The van der Waals surface area contributed by atoms with E-state index in [0.29, 0.717) is 18.0 Å². The van der Waals surface area contributed by atoms with Crippen molar-refractivity contribution >= 4 is 28.1 Å². The maximum atomic E-state index is 12.0. The molecular weight excluding hydrogens is 458 g/mol. The van der Waals surface area contributed by atoms with Crippen LogP contribution in [0.2, 0.25) is 0 Å². The summed E-state index contributed by atoms with van der Waals surface area (Å²) >= 11 is 0. The molecule has 0 radical (unpaired) electrons. The summed E-state index contributed by atoms with van der Waals surface area (Å²) in [7, 11) is 0. The smallest absolute Gasteiger partial charge is 0.336 e. The lowest BCUT2D eigenvalue weighted by atomic mass is 9.90. The van der Waals surface area contributed by atoms with Crippen LogP contribution in [0.5, 0.6) is 5.75 Å². The zero-order valence-electron chi connectivity index (χ0n) is 21.9. The Bertz CT molecular complexity index is 1400. The molecule has 4 nitrogen and oxygen atoms in total. The van der Waals surface area contributed by atoms with Crippen molar-refractivity contribution < 1.29 is 14.6 Å². The second-order valence-electron chi connectivity index (χ2n) is 10.4. The van der Waals surface area contributed by atoms with E-state index in [2.05, 4.69) is 54.3 Å². The number of aromatic carboxylic acids is 1. The molecule has 0 aromatic heterocycles. The fourth-order valence-corrected chi connectivity index (χ4v) is 5.58. The van der Waals surface area contributed by atoms with Gasteiger partial charge >= 0.3 is 5.97 Å². The van der Waals surface area contributed by atoms with Gasteiger partial charge in [-0.1, -0.05) is 81.4 Å². The van der Waals surface area contributed by atoms with Crippen molar-refractivity contribution in [1.82, 2.24) is 0 Å². The predicted molar refractivity (Wildman–Crippen MR) is 152 cm³/mol. The molecule has 1 heterocycles. The standard InChI is InChI=1S/C33H35NO3/c1-22(2)27-19-18-25(20-30(27)33(35)36)34-21-26(37-32-17-7-6-16-31(32)34)13-8-10-23(3)28-15-9-12-24-11-4-5-14-29(24)28/h4-7,9,11-12,14-20,22-23,26H,8,10,13,21H2,1-3H3,(H,35,36)/t23-,26?/m0/s1. The fraction of sp³-hybridized carbons (Fsp3) is 0.303. The SMILES string of the molecule is CC(C)c1ccc(N2CC(CCC[C@H](C)c3cccc4ccccc34)Oc3ccccc32)cc1C(=O)O. The Balaban J connectivity index is 1.33. The second kappa shape index (κ2) is 10.7. The van der Waals surface area contributed by atoms with Gasteiger partial charge < -0.3 is 14.7 Å². The normalized spacial score (nSPS) is 15.9. The summed E-state index contributed by atoms with van der Waals surface area (Å²) < 4.78 is 6.42. The van der Waals surface area contributed by atoms with Crippen LogP contribution in [0.15, 0.2) is 84.9 Å². The number of hydrogen-bond acceptors (Lipinski definition) is 3. The molecule has 0 saturated carbocycles. The Morgan fingerprint density at radius 1 is 0.946 bits per heavy atom. The van der Waals surface area contributed by atoms with Gasteiger partial charge in [0.05, 0.1) is 17.8 Å². The van der Waals surface area contributed by atoms with Crippen LogP contribution >= 0.6 is 0 Å². The molecule has 1 aliphatic rings. The van der Waals surface area contributed by atoms with Gasteiger partial charge in [-0.05, 0) is 77.3 Å². The average molecular weight is 494 g/mol.